The highest BCUT2D eigenvalue weighted by Crippen LogP contribution is 2.24. The van der Waals surface area contributed by atoms with E-state index in [1.807, 2.05) is 12.1 Å². The molecule has 0 saturated carbocycles. The van der Waals surface area contributed by atoms with Gasteiger partial charge in [-0.25, -0.2) is 0 Å². The summed E-state index contributed by atoms with van der Waals surface area (Å²) in [5, 5.41) is 6.19. The van der Waals surface area contributed by atoms with Crippen molar-refractivity contribution in [2.24, 2.45) is 0 Å². The molecule has 1 saturated heterocycles. The number of nitrogens with one attached hydrogen (secondary N) is 2. The van der Waals surface area contributed by atoms with Gasteiger partial charge in [0.25, 0.3) is 0 Å². The number of rotatable bonds is 2. The number of benzene rings is 1. The molecule has 3 heteroatoms. The highest BCUT2D eigenvalue weighted by Gasteiger charge is 2.14. The lowest BCUT2D eigenvalue weighted by Crippen LogP contribution is -2.28. The maximum Gasteiger partial charge on any atom is 0.221 e. The Morgan fingerprint density at radius 2 is 2.12 bits per heavy atom. The van der Waals surface area contributed by atoms with Gasteiger partial charge in [0.15, 0.2) is 0 Å². The minimum Gasteiger partial charge on any atom is -0.326 e. The van der Waals surface area contributed by atoms with Gasteiger partial charge in [0.2, 0.25) is 5.91 Å². The Balaban J connectivity index is 2.03. The summed E-state index contributed by atoms with van der Waals surface area (Å²) in [5.74, 6) is 0.604. The van der Waals surface area contributed by atoms with Crippen LogP contribution < -0.4 is 10.6 Å². The van der Waals surface area contributed by atoms with E-state index < -0.39 is 0 Å². The zero-order valence-electron chi connectivity index (χ0n) is 9.62. The number of amides is 1. The quantitative estimate of drug-likeness (QED) is 0.798. The fourth-order valence-corrected chi connectivity index (χ4v) is 2.18. The van der Waals surface area contributed by atoms with Crippen molar-refractivity contribution in [2.45, 2.75) is 25.7 Å². The van der Waals surface area contributed by atoms with E-state index in [1.165, 1.54) is 25.3 Å². The molecule has 86 valence electrons. The number of hydrogen-bond donors (Lipinski definition) is 2. The maximum absolute atomic E-state index is 10.9. The van der Waals surface area contributed by atoms with Crippen molar-refractivity contribution in [1.82, 2.24) is 5.32 Å². The van der Waals surface area contributed by atoms with Crippen molar-refractivity contribution in [3.63, 3.8) is 0 Å². The zero-order valence-corrected chi connectivity index (χ0v) is 9.62. The van der Waals surface area contributed by atoms with Crippen LogP contribution in [0.25, 0.3) is 0 Å². The molecular weight excluding hydrogens is 200 g/mol. The van der Waals surface area contributed by atoms with Crippen LogP contribution in [-0.2, 0) is 4.79 Å². The summed E-state index contributed by atoms with van der Waals surface area (Å²) in [4.78, 5) is 10.9. The first-order chi connectivity index (χ1) is 7.75. The second-order valence-corrected chi connectivity index (χ2v) is 4.35. The van der Waals surface area contributed by atoms with Gasteiger partial charge in [-0.05, 0) is 43.0 Å². The van der Waals surface area contributed by atoms with Crippen molar-refractivity contribution < 1.29 is 4.79 Å². The van der Waals surface area contributed by atoms with E-state index in [2.05, 4.69) is 22.8 Å². The predicted molar refractivity (Wildman–Crippen MR) is 65.6 cm³/mol. The summed E-state index contributed by atoms with van der Waals surface area (Å²) in [6, 6.07) is 8.18. The van der Waals surface area contributed by atoms with Crippen LogP contribution in [0.1, 0.15) is 31.2 Å². The zero-order chi connectivity index (χ0) is 11.4. The molecule has 1 unspecified atom stereocenters. The van der Waals surface area contributed by atoms with Gasteiger partial charge in [-0.2, -0.15) is 0 Å². The smallest absolute Gasteiger partial charge is 0.221 e. The van der Waals surface area contributed by atoms with Gasteiger partial charge in [0.1, 0.15) is 0 Å². The van der Waals surface area contributed by atoms with Gasteiger partial charge >= 0.3 is 0 Å². The minimum absolute atomic E-state index is 0.0212. The highest BCUT2D eigenvalue weighted by atomic mass is 16.1. The monoisotopic (exact) mass is 218 g/mol. The van der Waals surface area contributed by atoms with E-state index in [0.717, 1.165) is 18.8 Å². The largest absolute Gasteiger partial charge is 0.326 e. The van der Waals surface area contributed by atoms with Crippen LogP contribution in [0.3, 0.4) is 0 Å². The van der Waals surface area contributed by atoms with E-state index in [4.69, 9.17) is 0 Å². The Kier molecular flexibility index (Phi) is 3.57. The molecule has 1 fully saturated rings. The molecule has 0 radical (unpaired) electrons. The fourth-order valence-electron chi connectivity index (χ4n) is 2.18. The molecule has 2 rings (SSSR count). The van der Waals surface area contributed by atoms with Crippen molar-refractivity contribution in [3.8, 4) is 0 Å². The van der Waals surface area contributed by atoms with Gasteiger partial charge in [-0.15, -0.1) is 0 Å². The Hall–Kier alpha value is -1.35. The standard InChI is InChI=1S/C13H18N2O/c1-10(16)15-13-6-4-11(5-7-13)12-3-2-8-14-9-12/h4-7,12,14H,2-3,8-9H2,1H3,(H,15,16). The van der Waals surface area contributed by atoms with Crippen LogP contribution >= 0.6 is 0 Å². The van der Waals surface area contributed by atoms with Crippen molar-refractivity contribution in [2.75, 3.05) is 18.4 Å². The third-order valence-corrected chi connectivity index (χ3v) is 3.00. The van der Waals surface area contributed by atoms with Crippen LogP contribution in [0.15, 0.2) is 24.3 Å². The number of carbonyl (C=O) groups is 1. The molecule has 0 aliphatic carbocycles. The van der Waals surface area contributed by atoms with Crippen molar-refractivity contribution in [1.29, 1.82) is 0 Å². The first-order valence-electron chi connectivity index (χ1n) is 5.84. The number of anilines is 1. The van der Waals surface area contributed by atoms with Crippen LogP contribution in [0.2, 0.25) is 0 Å². The molecule has 1 aromatic rings. The van der Waals surface area contributed by atoms with Crippen LogP contribution in [0, 0.1) is 0 Å². The van der Waals surface area contributed by atoms with Crippen LogP contribution in [0.4, 0.5) is 5.69 Å². The van der Waals surface area contributed by atoms with Gasteiger partial charge in [-0.3, -0.25) is 4.79 Å². The Morgan fingerprint density at radius 1 is 1.38 bits per heavy atom. The van der Waals surface area contributed by atoms with Gasteiger partial charge < -0.3 is 10.6 Å². The molecule has 1 heterocycles. The number of piperidine rings is 1. The summed E-state index contributed by atoms with van der Waals surface area (Å²) in [6.45, 7) is 3.74. The van der Waals surface area contributed by atoms with Crippen LogP contribution in [0.5, 0.6) is 0 Å². The second-order valence-electron chi connectivity index (χ2n) is 4.35. The Bertz CT molecular complexity index is 353. The number of carbonyl (C=O) groups excluding carboxylic acids is 1. The molecule has 1 aromatic carbocycles. The van der Waals surface area contributed by atoms with Gasteiger partial charge in [0.05, 0.1) is 0 Å². The first-order valence-corrected chi connectivity index (χ1v) is 5.84. The van der Waals surface area contributed by atoms with Crippen molar-refractivity contribution in [3.05, 3.63) is 29.8 Å². The average Bonchev–Trinajstić information content (AvgIpc) is 2.30. The van der Waals surface area contributed by atoms with Gasteiger partial charge in [0, 0.05) is 19.2 Å². The Labute approximate surface area is 96.2 Å². The molecule has 1 aliphatic rings. The first kappa shape index (κ1) is 11.1. The lowest BCUT2D eigenvalue weighted by Gasteiger charge is -2.23. The summed E-state index contributed by atoms with van der Waals surface area (Å²) >= 11 is 0. The van der Waals surface area contributed by atoms with E-state index in [-0.39, 0.29) is 5.91 Å². The van der Waals surface area contributed by atoms with Gasteiger partial charge in [-0.1, -0.05) is 12.1 Å². The van der Waals surface area contributed by atoms with E-state index in [1.54, 1.807) is 0 Å². The van der Waals surface area contributed by atoms with Crippen LogP contribution in [-0.4, -0.2) is 19.0 Å². The fraction of sp³-hybridized carbons (Fsp3) is 0.462. The molecule has 1 amide bonds. The Morgan fingerprint density at radius 3 is 2.69 bits per heavy atom. The second kappa shape index (κ2) is 5.12. The summed E-state index contributed by atoms with van der Waals surface area (Å²) in [7, 11) is 0. The molecule has 2 N–H and O–H groups in total. The summed E-state index contributed by atoms with van der Waals surface area (Å²) in [5.41, 5.74) is 2.24. The molecule has 0 aromatic heterocycles. The molecule has 16 heavy (non-hydrogen) atoms. The molecular formula is C13H18N2O. The lowest BCUT2D eigenvalue weighted by atomic mass is 9.92. The topological polar surface area (TPSA) is 41.1 Å². The van der Waals surface area contributed by atoms with E-state index in [0.29, 0.717) is 5.92 Å². The van der Waals surface area contributed by atoms with Crippen molar-refractivity contribution >= 4 is 11.6 Å². The molecule has 3 nitrogen and oxygen atoms in total. The maximum atomic E-state index is 10.9. The SMILES string of the molecule is CC(=O)Nc1ccc(C2CCCNC2)cc1. The minimum atomic E-state index is -0.0212. The highest BCUT2D eigenvalue weighted by molar-refractivity contribution is 5.88. The molecule has 1 atom stereocenters. The molecule has 0 spiro atoms. The average molecular weight is 218 g/mol. The molecule has 1 aliphatic heterocycles. The third kappa shape index (κ3) is 2.83. The number of hydrogen-bond acceptors (Lipinski definition) is 2. The summed E-state index contributed by atoms with van der Waals surface area (Å²) in [6.07, 6.45) is 2.50. The predicted octanol–water partition coefficient (Wildman–Crippen LogP) is 2.11. The van der Waals surface area contributed by atoms with E-state index >= 15 is 0 Å². The molecule has 0 bridgehead atoms. The summed E-state index contributed by atoms with van der Waals surface area (Å²) < 4.78 is 0. The van der Waals surface area contributed by atoms with E-state index in [9.17, 15) is 4.79 Å². The lowest BCUT2D eigenvalue weighted by molar-refractivity contribution is -0.114. The normalized spacial score (nSPS) is 20.4. The third-order valence-electron chi connectivity index (χ3n) is 3.00.